The van der Waals surface area contributed by atoms with Gasteiger partial charge in [-0.15, -0.1) is 0 Å². The highest BCUT2D eigenvalue weighted by Gasteiger charge is 2.07. The molecule has 0 heterocycles. The van der Waals surface area contributed by atoms with Gasteiger partial charge in [-0.25, -0.2) is 0 Å². The molecule has 0 aliphatic rings. The highest BCUT2D eigenvalue weighted by molar-refractivity contribution is 6.08. The van der Waals surface area contributed by atoms with Crippen molar-refractivity contribution < 1.29 is 0 Å². The van der Waals surface area contributed by atoms with E-state index in [0.717, 1.165) is 17.6 Å². The Kier molecular flexibility index (Phi) is 4.29. The third-order valence-corrected chi connectivity index (χ3v) is 2.81. The Labute approximate surface area is 97.7 Å². The van der Waals surface area contributed by atoms with Gasteiger partial charge in [-0.1, -0.05) is 39.0 Å². The number of benzene rings is 1. The molecule has 1 aromatic carbocycles. The second-order valence-electron chi connectivity index (χ2n) is 4.19. The molecule has 0 radical (unpaired) electrons. The van der Waals surface area contributed by atoms with Crippen LogP contribution in [0.1, 0.15) is 43.4 Å². The molecule has 0 aliphatic heterocycles. The van der Waals surface area contributed by atoms with Crippen LogP contribution in [0.5, 0.6) is 0 Å². The van der Waals surface area contributed by atoms with E-state index in [1.54, 1.807) is 0 Å². The number of hydrogen-bond donors (Lipinski definition) is 2. The summed E-state index contributed by atoms with van der Waals surface area (Å²) >= 11 is 0. The van der Waals surface area contributed by atoms with E-state index < -0.39 is 0 Å². The third-order valence-electron chi connectivity index (χ3n) is 2.81. The topological polar surface area (TPSA) is 49.9 Å². The molecule has 0 atom stereocenters. The Morgan fingerprint density at radius 1 is 1.44 bits per heavy atom. The lowest BCUT2D eigenvalue weighted by molar-refractivity contribution is 0.844. The highest BCUT2D eigenvalue weighted by atomic mass is 14.5. The van der Waals surface area contributed by atoms with Crippen molar-refractivity contribution in [2.75, 3.05) is 0 Å². The van der Waals surface area contributed by atoms with Crippen LogP contribution in [0, 0.1) is 5.41 Å². The predicted molar refractivity (Wildman–Crippen MR) is 70.9 cm³/mol. The number of aryl methyl sites for hydroxylation is 1. The van der Waals surface area contributed by atoms with E-state index in [-0.39, 0.29) is 0 Å². The van der Waals surface area contributed by atoms with E-state index in [4.69, 9.17) is 11.1 Å². The number of allylic oxidation sites excluding steroid dienone is 1. The Balaban J connectivity index is 3.23. The molecule has 86 valence electrons. The zero-order valence-electron chi connectivity index (χ0n) is 10.2. The predicted octanol–water partition coefficient (Wildman–Crippen LogP) is 3.32. The zero-order chi connectivity index (χ0) is 12.1. The van der Waals surface area contributed by atoms with Gasteiger partial charge < -0.3 is 11.1 Å². The SMILES string of the molecule is CCc1cc(/C(C=N)=C/N)ccc1C(C)C. The number of rotatable bonds is 4. The molecule has 1 aromatic rings. The largest absolute Gasteiger partial charge is 0.404 e. The van der Waals surface area contributed by atoms with Crippen molar-refractivity contribution in [3.8, 4) is 0 Å². The lowest BCUT2D eigenvalue weighted by atomic mass is 9.92. The number of hydrogen-bond acceptors (Lipinski definition) is 2. The molecular formula is C14H20N2. The van der Waals surface area contributed by atoms with Crippen LogP contribution in [0.3, 0.4) is 0 Å². The Morgan fingerprint density at radius 2 is 2.12 bits per heavy atom. The van der Waals surface area contributed by atoms with Gasteiger partial charge in [0.05, 0.1) is 0 Å². The van der Waals surface area contributed by atoms with Crippen molar-refractivity contribution in [2.24, 2.45) is 5.73 Å². The summed E-state index contributed by atoms with van der Waals surface area (Å²) in [4.78, 5) is 0. The molecule has 0 bridgehead atoms. The van der Waals surface area contributed by atoms with Crippen molar-refractivity contribution in [3.05, 3.63) is 41.1 Å². The Hall–Kier alpha value is -1.57. The quantitative estimate of drug-likeness (QED) is 0.745. The first-order chi connectivity index (χ1) is 7.63. The van der Waals surface area contributed by atoms with Gasteiger partial charge in [0, 0.05) is 18.0 Å². The minimum atomic E-state index is 0.536. The van der Waals surface area contributed by atoms with Gasteiger partial charge in [0.2, 0.25) is 0 Å². The van der Waals surface area contributed by atoms with Crippen LogP contribution in [0.25, 0.3) is 5.57 Å². The van der Waals surface area contributed by atoms with E-state index >= 15 is 0 Å². The molecule has 0 aliphatic carbocycles. The molecule has 0 saturated carbocycles. The van der Waals surface area contributed by atoms with E-state index in [1.807, 2.05) is 6.07 Å². The van der Waals surface area contributed by atoms with E-state index in [1.165, 1.54) is 23.5 Å². The summed E-state index contributed by atoms with van der Waals surface area (Å²) in [6.45, 7) is 6.55. The first kappa shape index (κ1) is 12.5. The summed E-state index contributed by atoms with van der Waals surface area (Å²) in [7, 11) is 0. The number of nitrogens with two attached hydrogens (primary N) is 1. The molecule has 0 aromatic heterocycles. The molecule has 2 heteroatoms. The normalized spacial score (nSPS) is 11.9. The average molecular weight is 216 g/mol. The van der Waals surface area contributed by atoms with Gasteiger partial charge in [-0.3, -0.25) is 0 Å². The van der Waals surface area contributed by atoms with Crippen LogP contribution in [0.4, 0.5) is 0 Å². The van der Waals surface area contributed by atoms with E-state index in [0.29, 0.717) is 5.92 Å². The van der Waals surface area contributed by atoms with Gasteiger partial charge in [-0.2, -0.15) is 0 Å². The maximum atomic E-state index is 7.29. The molecule has 0 saturated heterocycles. The Bertz CT molecular complexity index is 403. The summed E-state index contributed by atoms with van der Waals surface area (Å²) in [5.74, 6) is 0.536. The first-order valence-corrected chi connectivity index (χ1v) is 5.69. The molecule has 16 heavy (non-hydrogen) atoms. The van der Waals surface area contributed by atoms with Crippen LogP contribution in [0.15, 0.2) is 24.4 Å². The lowest BCUT2D eigenvalue weighted by Crippen LogP contribution is -1.98. The van der Waals surface area contributed by atoms with Crippen molar-refractivity contribution in [1.82, 2.24) is 0 Å². The molecule has 2 nitrogen and oxygen atoms in total. The van der Waals surface area contributed by atoms with Gasteiger partial charge in [0.1, 0.15) is 0 Å². The van der Waals surface area contributed by atoms with Crippen molar-refractivity contribution in [1.29, 1.82) is 5.41 Å². The summed E-state index contributed by atoms with van der Waals surface area (Å²) in [6, 6.07) is 6.32. The van der Waals surface area contributed by atoms with Crippen LogP contribution in [0.2, 0.25) is 0 Å². The van der Waals surface area contributed by atoms with Gasteiger partial charge in [0.15, 0.2) is 0 Å². The van der Waals surface area contributed by atoms with Crippen LogP contribution in [-0.2, 0) is 6.42 Å². The second-order valence-corrected chi connectivity index (χ2v) is 4.19. The van der Waals surface area contributed by atoms with Crippen LogP contribution < -0.4 is 5.73 Å². The maximum absolute atomic E-state index is 7.29. The summed E-state index contributed by atoms with van der Waals surface area (Å²) in [5.41, 5.74) is 10.0. The van der Waals surface area contributed by atoms with Gasteiger partial charge in [-0.05, 0) is 29.0 Å². The third kappa shape index (κ3) is 2.51. The van der Waals surface area contributed by atoms with Crippen LogP contribution >= 0.6 is 0 Å². The van der Waals surface area contributed by atoms with Gasteiger partial charge >= 0.3 is 0 Å². The highest BCUT2D eigenvalue weighted by Crippen LogP contribution is 2.23. The van der Waals surface area contributed by atoms with Crippen molar-refractivity contribution in [2.45, 2.75) is 33.1 Å². The standard InChI is InChI=1S/C14H20N2/c1-4-11-7-12(13(8-15)9-16)5-6-14(11)10(2)3/h5-10,15H,4,16H2,1-3H3/b13-9+,15-8?. The molecular weight excluding hydrogens is 196 g/mol. The Morgan fingerprint density at radius 3 is 2.56 bits per heavy atom. The second kappa shape index (κ2) is 5.50. The zero-order valence-corrected chi connectivity index (χ0v) is 10.2. The fourth-order valence-electron chi connectivity index (χ4n) is 1.88. The minimum absolute atomic E-state index is 0.536. The van der Waals surface area contributed by atoms with Crippen molar-refractivity contribution >= 4 is 11.8 Å². The minimum Gasteiger partial charge on any atom is -0.404 e. The summed E-state index contributed by atoms with van der Waals surface area (Å²) < 4.78 is 0. The smallest absolute Gasteiger partial charge is 0.0270 e. The monoisotopic (exact) mass is 216 g/mol. The fourth-order valence-corrected chi connectivity index (χ4v) is 1.88. The van der Waals surface area contributed by atoms with E-state index in [9.17, 15) is 0 Å². The maximum Gasteiger partial charge on any atom is 0.0270 e. The molecule has 0 unspecified atom stereocenters. The number of nitrogens with one attached hydrogen (secondary N) is 1. The van der Waals surface area contributed by atoms with Crippen molar-refractivity contribution in [3.63, 3.8) is 0 Å². The summed E-state index contributed by atoms with van der Waals surface area (Å²) in [5, 5.41) is 7.29. The summed E-state index contributed by atoms with van der Waals surface area (Å²) in [6.07, 6.45) is 3.79. The fraction of sp³-hybridized carbons (Fsp3) is 0.357. The van der Waals surface area contributed by atoms with Crippen LogP contribution in [-0.4, -0.2) is 6.21 Å². The molecule has 3 N–H and O–H groups in total. The lowest BCUT2D eigenvalue weighted by Gasteiger charge is -2.13. The van der Waals surface area contributed by atoms with Gasteiger partial charge in [0.25, 0.3) is 0 Å². The molecule has 0 spiro atoms. The molecule has 1 rings (SSSR count). The average Bonchev–Trinajstić information content (AvgIpc) is 2.30. The first-order valence-electron chi connectivity index (χ1n) is 5.69. The molecule has 0 fully saturated rings. The van der Waals surface area contributed by atoms with E-state index in [2.05, 4.69) is 32.9 Å². The molecule has 0 amide bonds.